The molecule has 15 heavy (non-hydrogen) atoms. The molecule has 1 aromatic carbocycles. The Morgan fingerprint density at radius 2 is 1.80 bits per heavy atom. The molecule has 1 N–H and O–H groups in total. The van der Waals surface area contributed by atoms with Crippen LogP contribution in [0.25, 0.3) is 0 Å². The summed E-state index contributed by atoms with van der Waals surface area (Å²) in [4.78, 5) is 0. The summed E-state index contributed by atoms with van der Waals surface area (Å²) in [6, 6.07) is 9.69. The minimum atomic E-state index is 0.452. The van der Waals surface area contributed by atoms with Crippen LogP contribution < -0.4 is 5.32 Å². The van der Waals surface area contributed by atoms with Gasteiger partial charge < -0.3 is 5.32 Å². The van der Waals surface area contributed by atoms with Crippen molar-refractivity contribution in [2.75, 3.05) is 0 Å². The predicted octanol–water partition coefficient (Wildman–Crippen LogP) is 3.90. The number of benzene rings is 1. The first-order chi connectivity index (χ1) is 7.16. The van der Waals surface area contributed by atoms with E-state index in [2.05, 4.69) is 59.4 Å². The van der Waals surface area contributed by atoms with Gasteiger partial charge in [-0.15, -0.1) is 0 Å². The predicted molar refractivity (Wildman–Crippen MR) is 67.9 cm³/mol. The van der Waals surface area contributed by atoms with Crippen molar-refractivity contribution in [1.29, 1.82) is 0 Å². The summed E-state index contributed by atoms with van der Waals surface area (Å²) in [7, 11) is 0. The standard InChI is InChI=1S/C13H18BrN/c1-9(11-3-4-11)15-10(2)12-5-7-13(14)8-6-12/h5-11,15H,3-4H2,1-2H3/t9?,10-/m1/s1. The van der Waals surface area contributed by atoms with Crippen LogP contribution in [0.15, 0.2) is 28.7 Å². The Kier molecular flexibility index (Phi) is 3.47. The highest BCUT2D eigenvalue weighted by Gasteiger charge is 2.28. The van der Waals surface area contributed by atoms with Gasteiger partial charge in [0.05, 0.1) is 0 Å². The maximum absolute atomic E-state index is 3.66. The van der Waals surface area contributed by atoms with E-state index in [4.69, 9.17) is 0 Å². The summed E-state index contributed by atoms with van der Waals surface area (Å²) in [5.74, 6) is 0.919. The fourth-order valence-electron chi connectivity index (χ4n) is 1.97. The molecule has 1 aromatic rings. The van der Waals surface area contributed by atoms with Crippen LogP contribution in [0.1, 0.15) is 38.3 Å². The Hall–Kier alpha value is -0.340. The lowest BCUT2D eigenvalue weighted by Gasteiger charge is -2.20. The molecule has 1 unspecified atom stereocenters. The lowest BCUT2D eigenvalue weighted by atomic mass is 10.1. The molecule has 0 radical (unpaired) electrons. The minimum Gasteiger partial charge on any atom is -0.307 e. The molecule has 0 spiro atoms. The first-order valence-corrected chi connectivity index (χ1v) is 6.47. The van der Waals surface area contributed by atoms with E-state index in [-0.39, 0.29) is 0 Å². The van der Waals surface area contributed by atoms with E-state index in [0.29, 0.717) is 12.1 Å². The van der Waals surface area contributed by atoms with Crippen molar-refractivity contribution in [3.8, 4) is 0 Å². The summed E-state index contributed by atoms with van der Waals surface area (Å²) in [5, 5.41) is 3.66. The van der Waals surface area contributed by atoms with Crippen LogP contribution >= 0.6 is 15.9 Å². The van der Waals surface area contributed by atoms with Gasteiger partial charge in [-0.05, 0) is 50.3 Å². The topological polar surface area (TPSA) is 12.0 Å². The maximum atomic E-state index is 3.66. The Balaban J connectivity index is 1.94. The fourth-order valence-corrected chi connectivity index (χ4v) is 2.24. The number of hydrogen-bond donors (Lipinski definition) is 1. The minimum absolute atomic E-state index is 0.452. The van der Waals surface area contributed by atoms with E-state index in [1.165, 1.54) is 18.4 Å². The van der Waals surface area contributed by atoms with Crippen LogP contribution in [0.3, 0.4) is 0 Å². The zero-order valence-electron chi connectivity index (χ0n) is 9.33. The number of nitrogens with one attached hydrogen (secondary N) is 1. The third-order valence-electron chi connectivity index (χ3n) is 3.21. The van der Waals surface area contributed by atoms with Gasteiger partial charge in [0.15, 0.2) is 0 Å². The van der Waals surface area contributed by atoms with Crippen molar-refractivity contribution in [1.82, 2.24) is 5.32 Å². The molecule has 1 nitrogen and oxygen atoms in total. The highest BCUT2D eigenvalue weighted by molar-refractivity contribution is 9.10. The van der Waals surface area contributed by atoms with Crippen molar-refractivity contribution < 1.29 is 0 Å². The van der Waals surface area contributed by atoms with Crippen molar-refractivity contribution in [2.24, 2.45) is 5.92 Å². The van der Waals surface area contributed by atoms with Crippen LogP contribution in [0.2, 0.25) is 0 Å². The lowest BCUT2D eigenvalue weighted by Crippen LogP contribution is -2.30. The van der Waals surface area contributed by atoms with E-state index in [9.17, 15) is 0 Å². The molecule has 2 rings (SSSR count). The van der Waals surface area contributed by atoms with Crippen molar-refractivity contribution >= 4 is 15.9 Å². The fraction of sp³-hybridized carbons (Fsp3) is 0.538. The normalized spacial score (nSPS) is 19.9. The molecule has 0 heterocycles. The van der Waals surface area contributed by atoms with Crippen LogP contribution in [-0.2, 0) is 0 Å². The molecule has 1 aliphatic carbocycles. The average molecular weight is 268 g/mol. The molecule has 0 bridgehead atoms. The summed E-state index contributed by atoms with van der Waals surface area (Å²) in [6.07, 6.45) is 2.81. The molecule has 1 fully saturated rings. The molecule has 82 valence electrons. The van der Waals surface area contributed by atoms with Gasteiger partial charge in [0.25, 0.3) is 0 Å². The SMILES string of the molecule is CC(N[C@H](C)c1ccc(Br)cc1)C1CC1. The van der Waals surface area contributed by atoms with E-state index in [0.717, 1.165) is 10.4 Å². The van der Waals surface area contributed by atoms with Crippen LogP contribution in [0, 0.1) is 5.92 Å². The monoisotopic (exact) mass is 267 g/mol. The molecule has 1 saturated carbocycles. The van der Waals surface area contributed by atoms with Gasteiger partial charge in [-0.1, -0.05) is 28.1 Å². The molecule has 0 aliphatic heterocycles. The maximum Gasteiger partial charge on any atom is 0.0294 e. The van der Waals surface area contributed by atoms with E-state index < -0.39 is 0 Å². The van der Waals surface area contributed by atoms with Gasteiger partial charge in [0.2, 0.25) is 0 Å². The van der Waals surface area contributed by atoms with Gasteiger partial charge in [-0.3, -0.25) is 0 Å². The zero-order chi connectivity index (χ0) is 10.8. The van der Waals surface area contributed by atoms with Gasteiger partial charge in [0.1, 0.15) is 0 Å². The summed E-state index contributed by atoms with van der Waals surface area (Å²) in [5.41, 5.74) is 1.37. The summed E-state index contributed by atoms with van der Waals surface area (Å²) in [6.45, 7) is 4.54. The quantitative estimate of drug-likeness (QED) is 0.873. The first kappa shape index (κ1) is 11.2. The molecule has 2 heteroatoms. The van der Waals surface area contributed by atoms with Crippen LogP contribution in [0.4, 0.5) is 0 Å². The third-order valence-corrected chi connectivity index (χ3v) is 3.74. The van der Waals surface area contributed by atoms with E-state index >= 15 is 0 Å². The van der Waals surface area contributed by atoms with Crippen molar-refractivity contribution in [2.45, 2.75) is 38.8 Å². The molecular weight excluding hydrogens is 250 g/mol. The molecule has 1 aliphatic rings. The molecule has 0 saturated heterocycles. The molecule has 2 atom stereocenters. The van der Waals surface area contributed by atoms with Gasteiger partial charge >= 0.3 is 0 Å². The third kappa shape index (κ3) is 3.05. The Bertz CT molecular complexity index is 316. The molecule has 0 aromatic heterocycles. The van der Waals surface area contributed by atoms with E-state index in [1.807, 2.05) is 0 Å². The van der Waals surface area contributed by atoms with Crippen molar-refractivity contribution in [3.63, 3.8) is 0 Å². The largest absolute Gasteiger partial charge is 0.307 e. The lowest BCUT2D eigenvalue weighted by molar-refractivity contribution is 0.441. The van der Waals surface area contributed by atoms with Gasteiger partial charge in [-0.2, -0.15) is 0 Å². The number of halogens is 1. The Morgan fingerprint density at radius 3 is 2.33 bits per heavy atom. The zero-order valence-corrected chi connectivity index (χ0v) is 10.9. The molecule has 0 amide bonds. The summed E-state index contributed by atoms with van der Waals surface area (Å²) >= 11 is 3.46. The van der Waals surface area contributed by atoms with Crippen LogP contribution in [-0.4, -0.2) is 6.04 Å². The smallest absolute Gasteiger partial charge is 0.0294 e. The highest BCUT2D eigenvalue weighted by atomic mass is 79.9. The second kappa shape index (κ2) is 4.67. The highest BCUT2D eigenvalue weighted by Crippen LogP contribution is 2.33. The first-order valence-electron chi connectivity index (χ1n) is 5.68. The second-order valence-corrected chi connectivity index (χ2v) is 5.48. The second-order valence-electron chi connectivity index (χ2n) is 4.57. The van der Waals surface area contributed by atoms with Crippen LogP contribution in [0.5, 0.6) is 0 Å². The molecular formula is C13H18BrN. The van der Waals surface area contributed by atoms with Gasteiger partial charge in [0, 0.05) is 16.6 Å². The number of rotatable bonds is 4. The van der Waals surface area contributed by atoms with Crippen molar-refractivity contribution in [3.05, 3.63) is 34.3 Å². The Labute approximate surface area is 100 Å². The Morgan fingerprint density at radius 1 is 1.20 bits per heavy atom. The van der Waals surface area contributed by atoms with Gasteiger partial charge in [-0.25, -0.2) is 0 Å². The number of hydrogen-bond acceptors (Lipinski definition) is 1. The summed E-state index contributed by atoms with van der Waals surface area (Å²) < 4.78 is 1.15. The average Bonchev–Trinajstić information content (AvgIpc) is 3.01. The van der Waals surface area contributed by atoms with E-state index in [1.54, 1.807) is 0 Å².